The number of alkyl halides is 1. The fourth-order valence-corrected chi connectivity index (χ4v) is 1.51. The topological polar surface area (TPSA) is 26.0 Å². The molecule has 0 saturated heterocycles. The molecule has 62 valence electrons. The third kappa shape index (κ3) is 2.46. The summed E-state index contributed by atoms with van der Waals surface area (Å²) < 4.78 is 0. The standard InChI is InChI=1S/C9H14BrN/c1-7-6-8(4-5-11)2-3-9(7)10/h2-3,6-7,9H,4-5,11H2,1H3. The molecule has 0 radical (unpaired) electrons. The van der Waals surface area contributed by atoms with Crippen molar-refractivity contribution in [1.82, 2.24) is 0 Å². The van der Waals surface area contributed by atoms with Gasteiger partial charge in [-0.1, -0.05) is 46.7 Å². The Morgan fingerprint density at radius 2 is 2.36 bits per heavy atom. The van der Waals surface area contributed by atoms with Crippen LogP contribution in [0.25, 0.3) is 0 Å². The van der Waals surface area contributed by atoms with E-state index in [4.69, 9.17) is 5.73 Å². The highest BCUT2D eigenvalue weighted by Crippen LogP contribution is 2.23. The van der Waals surface area contributed by atoms with Crippen molar-refractivity contribution >= 4 is 15.9 Å². The lowest BCUT2D eigenvalue weighted by atomic mass is 9.96. The van der Waals surface area contributed by atoms with Crippen molar-refractivity contribution in [2.24, 2.45) is 11.7 Å². The number of hydrogen-bond donors (Lipinski definition) is 1. The minimum atomic E-state index is 0.504. The lowest BCUT2D eigenvalue weighted by Gasteiger charge is -2.17. The van der Waals surface area contributed by atoms with Gasteiger partial charge in [0.1, 0.15) is 0 Å². The van der Waals surface area contributed by atoms with Crippen LogP contribution in [0.5, 0.6) is 0 Å². The van der Waals surface area contributed by atoms with Crippen LogP contribution in [0.4, 0.5) is 0 Å². The maximum atomic E-state index is 5.45. The van der Waals surface area contributed by atoms with Gasteiger partial charge >= 0.3 is 0 Å². The lowest BCUT2D eigenvalue weighted by Crippen LogP contribution is -2.11. The van der Waals surface area contributed by atoms with Crippen LogP contribution in [0.2, 0.25) is 0 Å². The first-order valence-electron chi connectivity index (χ1n) is 3.97. The third-order valence-electron chi connectivity index (χ3n) is 1.91. The van der Waals surface area contributed by atoms with E-state index in [0.29, 0.717) is 10.7 Å². The first kappa shape index (κ1) is 9.01. The molecule has 0 aliphatic heterocycles. The average Bonchev–Trinajstić information content (AvgIpc) is 1.98. The largest absolute Gasteiger partial charge is 0.330 e. The maximum absolute atomic E-state index is 5.45. The zero-order chi connectivity index (χ0) is 8.27. The Labute approximate surface area is 76.5 Å². The van der Waals surface area contributed by atoms with Crippen LogP contribution in [0, 0.1) is 5.92 Å². The second kappa shape index (κ2) is 4.07. The summed E-state index contributed by atoms with van der Waals surface area (Å²) in [5, 5.41) is 0. The van der Waals surface area contributed by atoms with E-state index in [9.17, 15) is 0 Å². The number of nitrogens with two attached hydrogens (primary N) is 1. The van der Waals surface area contributed by atoms with Crippen LogP contribution in [0.1, 0.15) is 13.3 Å². The first-order valence-corrected chi connectivity index (χ1v) is 4.88. The van der Waals surface area contributed by atoms with Crippen LogP contribution in [-0.4, -0.2) is 11.4 Å². The molecule has 11 heavy (non-hydrogen) atoms. The predicted molar refractivity (Wildman–Crippen MR) is 52.8 cm³/mol. The molecule has 0 fully saturated rings. The summed E-state index contributed by atoms with van der Waals surface area (Å²) in [6, 6.07) is 0. The van der Waals surface area contributed by atoms with E-state index in [-0.39, 0.29) is 0 Å². The second-order valence-electron chi connectivity index (χ2n) is 2.94. The summed E-state index contributed by atoms with van der Waals surface area (Å²) in [5.74, 6) is 0.599. The zero-order valence-electron chi connectivity index (χ0n) is 6.76. The van der Waals surface area contributed by atoms with E-state index in [2.05, 4.69) is 41.1 Å². The van der Waals surface area contributed by atoms with Crippen molar-refractivity contribution in [3.63, 3.8) is 0 Å². The lowest BCUT2D eigenvalue weighted by molar-refractivity contribution is 0.744. The average molecular weight is 216 g/mol. The normalized spacial score (nSPS) is 30.3. The van der Waals surface area contributed by atoms with Gasteiger partial charge in [0.2, 0.25) is 0 Å². The molecule has 0 aromatic heterocycles. The van der Waals surface area contributed by atoms with Gasteiger partial charge in [0, 0.05) is 4.83 Å². The van der Waals surface area contributed by atoms with Crippen molar-refractivity contribution in [2.75, 3.05) is 6.54 Å². The van der Waals surface area contributed by atoms with E-state index in [1.165, 1.54) is 5.57 Å². The Morgan fingerprint density at radius 1 is 1.64 bits per heavy atom. The first-order chi connectivity index (χ1) is 5.24. The Morgan fingerprint density at radius 3 is 2.91 bits per heavy atom. The molecule has 1 nitrogen and oxygen atoms in total. The highest BCUT2D eigenvalue weighted by atomic mass is 79.9. The monoisotopic (exact) mass is 215 g/mol. The Hall–Kier alpha value is -0.0800. The molecule has 0 amide bonds. The van der Waals surface area contributed by atoms with E-state index >= 15 is 0 Å². The summed E-state index contributed by atoms with van der Waals surface area (Å²) in [6.07, 6.45) is 7.63. The number of hydrogen-bond acceptors (Lipinski definition) is 1. The van der Waals surface area contributed by atoms with Gasteiger partial charge in [-0.2, -0.15) is 0 Å². The summed E-state index contributed by atoms with van der Waals surface area (Å²) >= 11 is 3.57. The van der Waals surface area contributed by atoms with Gasteiger partial charge in [-0.3, -0.25) is 0 Å². The van der Waals surface area contributed by atoms with E-state index in [1.54, 1.807) is 0 Å². The molecule has 0 spiro atoms. The fourth-order valence-electron chi connectivity index (χ4n) is 1.21. The molecule has 2 heteroatoms. The highest BCUT2D eigenvalue weighted by molar-refractivity contribution is 9.09. The molecular weight excluding hydrogens is 202 g/mol. The van der Waals surface area contributed by atoms with Gasteiger partial charge in [-0.05, 0) is 18.9 Å². The number of halogens is 1. The molecule has 2 atom stereocenters. The predicted octanol–water partition coefficient (Wildman–Crippen LogP) is 2.23. The van der Waals surface area contributed by atoms with E-state index < -0.39 is 0 Å². The Balaban J connectivity index is 2.57. The van der Waals surface area contributed by atoms with Gasteiger partial charge in [0.15, 0.2) is 0 Å². The van der Waals surface area contributed by atoms with Gasteiger partial charge in [-0.15, -0.1) is 0 Å². The molecule has 0 aromatic rings. The van der Waals surface area contributed by atoms with Crippen molar-refractivity contribution in [3.05, 3.63) is 23.8 Å². The van der Waals surface area contributed by atoms with Gasteiger partial charge < -0.3 is 5.73 Å². The van der Waals surface area contributed by atoms with Crippen LogP contribution < -0.4 is 5.73 Å². The summed E-state index contributed by atoms with van der Waals surface area (Å²) in [4.78, 5) is 0.504. The minimum Gasteiger partial charge on any atom is -0.330 e. The molecule has 1 aliphatic carbocycles. The van der Waals surface area contributed by atoms with Crippen molar-refractivity contribution in [2.45, 2.75) is 18.2 Å². The Kier molecular flexibility index (Phi) is 3.34. The smallest absolute Gasteiger partial charge is 0.0388 e. The molecule has 2 N–H and O–H groups in total. The quantitative estimate of drug-likeness (QED) is 0.704. The van der Waals surface area contributed by atoms with E-state index in [1.807, 2.05) is 0 Å². The SMILES string of the molecule is CC1C=C(CCN)C=CC1Br. The highest BCUT2D eigenvalue weighted by Gasteiger charge is 2.12. The molecule has 1 rings (SSSR count). The van der Waals surface area contributed by atoms with Crippen molar-refractivity contribution in [3.8, 4) is 0 Å². The van der Waals surface area contributed by atoms with Crippen molar-refractivity contribution < 1.29 is 0 Å². The molecule has 0 aromatic carbocycles. The maximum Gasteiger partial charge on any atom is 0.0388 e. The minimum absolute atomic E-state index is 0.504. The van der Waals surface area contributed by atoms with E-state index in [0.717, 1.165) is 13.0 Å². The zero-order valence-corrected chi connectivity index (χ0v) is 8.34. The molecule has 0 saturated carbocycles. The van der Waals surface area contributed by atoms with Gasteiger partial charge in [0.25, 0.3) is 0 Å². The number of rotatable bonds is 2. The van der Waals surface area contributed by atoms with Crippen LogP contribution in [0.3, 0.4) is 0 Å². The summed E-state index contributed by atoms with van der Waals surface area (Å²) in [6.45, 7) is 2.95. The molecule has 1 aliphatic rings. The molecule has 2 unspecified atom stereocenters. The molecular formula is C9H14BrN. The van der Waals surface area contributed by atoms with Crippen LogP contribution in [0.15, 0.2) is 23.8 Å². The van der Waals surface area contributed by atoms with Crippen LogP contribution >= 0.6 is 15.9 Å². The fraction of sp³-hybridized carbons (Fsp3) is 0.556. The third-order valence-corrected chi connectivity index (χ3v) is 3.05. The second-order valence-corrected chi connectivity index (χ2v) is 4.00. The summed E-state index contributed by atoms with van der Waals surface area (Å²) in [5.41, 5.74) is 6.82. The molecule has 0 bridgehead atoms. The number of allylic oxidation sites excluding steroid dienone is 3. The summed E-state index contributed by atoms with van der Waals surface area (Å²) in [7, 11) is 0. The Bertz CT molecular complexity index is 184. The van der Waals surface area contributed by atoms with Crippen LogP contribution in [-0.2, 0) is 0 Å². The van der Waals surface area contributed by atoms with Crippen molar-refractivity contribution in [1.29, 1.82) is 0 Å². The van der Waals surface area contributed by atoms with Gasteiger partial charge in [-0.25, -0.2) is 0 Å². The van der Waals surface area contributed by atoms with Gasteiger partial charge in [0.05, 0.1) is 0 Å². The molecule has 0 heterocycles.